The molecule has 1 unspecified atom stereocenters. The molecule has 1 amide bonds. The first-order chi connectivity index (χ1) is 17.0. The third-order valence-corrected chi connectivity index (χ3v) is 6.44. The van der Waals surface area contributed by atoms with E-state index in [0.29, 0.717) is 54.7 Å². The minimum Gasteiger partial charge on any atom is -0.504 e. The highest BCUT2D eigenvalue weighted by molar-refractivity contribution is 5.78. The highest BCUT2D eigenvalue weighted by Gasteiger charge is 2.30. The number of ether oxygens (including phenoxy) is 3. The number of hydrogen-bond acceptors (Lipinski definition) is 5. The van der Waals surface area contributed by atoms with Crippen LogP contribution in [0.1, 0.15) is 43.9 Å². The number of phenolic OH excluding ortho intramolecular Hbond substituents is 1. The molecule has 0 saturated heterocycles. The first kappa shape index (κ1) is 27.7. The van der Waals surface area contributed by atoms with Crippen molar-refractivity contribution in [1.82, 2.24) is 4.90 Å². The lowest BCUT2D eigenvalue weighted by atomic mass is 10.0. The Kier molecular flexibility index (Phi) is 9.12. The molecule has 1 N–H and O–H groups in total. The standard InChI is InChI=1S/C29H42N2O5/c1-20(2)16-30(17-23-14-25(32)28-26(15-23)35-12-9-13-36-28)29(33)22(4)18-31(5,6)19-24-11-8-10-21(3)27(24)34-7/h8,10-11,14-15,20,22H,9,12-13,16-19H2,1-7H3/p+1. The van der Waals surface area contributed by atoms with E-state index in [2.05, 4.69) is 53.1 Å². The number of methoxy groups -OCH3 is 1. The zero-order valence-electron chi connectivity index (χ0n) is 23.0. The summed E-state index contributed by atoms with van der Waals surface area (Å²) in [6, 6.07) is 9.77. The van der Waals surface area contributed by atoms with Crippen molar-refractivity contribution in [3.63, 3.8) is 0 Å². The van der Waals surface area contributed by atoms with Crippen LogP contribution in [0.3, 0.4) is 0 Å². The fourth-order valence-corrected chi connectivity index (χ4v) is 5.08. The van der Waals surface area contributed by atoms with E-state index < -0.39 is 0 Å². The van der Waals surface area contributed by atoms with E-state index in [1.165, 1.54) is 0 Å². The molecule has 1 heterocycles. The van der Waals surface area contributed by atoms with Gasteiger partial charge < -0.3 is 28.7 Å². The average molecular weight is 500 g/mol. The summed E-state index contributed by atoms with van der Waals surface area (Å²) in [4.78, 5) is 15.6. The van der Waals surface area contributed by atoms with Crippen LogP contribution < -0.4 is 14.2 Å². The minimum absolute atomic E-state index is 0.0549. The van der Waals surface area contributed by atoms with E-state index >= 15 is 0 Å². The maximum absolute atomic E-state index is 13.7. The highest BCUT2D eigenvalue weighted by atomic mass is 16.5. The normalized spacial score (nSPS) is 14.3. The maximum Gasteiger partial charge on any atom is 0.231 e. The third-order valence-electron chi connectivity index (χ3n) is 6.44. The maximum atomic E-state index is 13.7. The van der Waals surface area contributed by atoms with Crippen molar-refractivity contribution >= 4 is 5.91 Å². The Morgan fingerprint density at radius 3 is 2.58 bits per heavy atom. The van der Waals surface area contributed by atoms with Crippen LogP contribution in [0.25, 0.3) is 0 Å². The second-order valence-electron chi connectivity index (χ2n) is 11.1. The number of rotatable bonds is 10. The Morgan fingerprint density at radius 2 is 1.89 bits per heavy atom. The van der Waals surface area contributed by atoms with Gasteiger partial charge in [0, 0.05) is 25.1 Å². The molecule has 0 aromatic heterocycles. The van der Waals surface area contributed by atoms with Crippen molar-refractivity contribution < 1.29 is 28.6 Å². The fourth-order valence-electron chi connectivity index (χ4n) is 5.08. The van der Waals surface area contributed by atoms with Crippen molar-refractivity contribution in [2.45, 2.75) is 47.2 Å². The minimum atomic E-state index is -0.177. The van der Waals surface area contributed by atoms with E-state index in [1.807, 2.05) is 17.9 Å². The van der Waals surface area contributed by atoms with Crippen LogP contribution in [-0.2, 0) is 17.9 Å². The summed E-state index contributed by atoms with van der Waals surface area (Å²) in [6.07, 6.45) is 0.765. The van der Waals surface area contributed by atoms with E-state index in [9.17, 15) is 9.90 Å². The van der Waals surface area contributed by atoms with Crippen molar-refractivity contribution in [2.24, 2.45) is 11.8 Å². The molecule has 3 rings (SSSR count). The number of hydrogen-bond donors (Lipinski definition) is 1. The number of aryl methyl sites for hydroxylation is 1. The van der Waals surface area contributed by atoms with E-state index in [4.69, 9.17) is 14.2 Å². The number of carbonyl (C=O) groups is 1. The Bertz CT molecular complexity index is 1050. The molecular weight excluding hydrogens is 456 g/mol. The molecule has 0 aliphatic carbocycles. The number of nitrogens with zero attached hydrogens (tertiary/aromatic N) is 2. The van der Waals surface area contributed by atoms with Gasteiger partial charge in [0.05, 0.1) is 46.9 Å². The van der Waals surface area contributed by atoms with Gasteiger partial charge in [-0.25, -0.2) is 0 Å². The largest absolute Gasteiger partial charge is 0.504 e. The topological polar surface area (TPSA) is 68.2 Å². The highest BCUT2D eigenvalue weighted by Crippen LogP contribution is 2.39. The molecule has 0 fully saturated rings. The first-order valence-corrected chi connectivity index (χ1v) is 12.9. The van der Waals surface area contributed by atoms with Gasteiger partial charge in [0.2, 0.25) is 11.7 Å². The lowest BCUT2D eigenvalue weighted by Gasteiger charge is -2.35. The molecule has 2 aromatic carbocycles. The van der Waals surface area contributed by atoms with Crippen LogP contribution in [0.5, 0.6) is 23.0 Å². The van der Waals surface area contributed by atoms with Crippen LogP contribution >= 0.6 is 0 Å². The number of fused-ring (bicyclic) bond motifs is 1. The molecule has 1 aliphatic heterocycles. The molecule has 7 nitrogen and oxygen atoms in total. The van der Waals surface area contributed by atoms with Crippen LogP contribution in [0.2, 0.25) is 0 Å². The molecule has 2 aromatic rings. The smallest absolute Gasteiger partial charge is 0.231 e. The SMILES string of the molecule is COc1c(C)cccc1C[N+](C)(C)CC(C)C(=O)N(Cc1cc(O)c2c(c1)OCCCO2)CC(C)C. The van der Waals surface area contributed by atoms with Gasteiger partial charge in [-0.05, 0) is 49.1 Å². The van der Waals surface area contributed by atoms with Crippen molar-refractivity contribution in [1.29, 1.82) is 0 Å². The number of aromatic hydroxyl groups is 1. The summed E-state index contributed by atoms with van der Waals surface area (Å²) in [7, 11) is 6.01. The summed E-state index contributed by atoms with van der Waals surface area (Å²) < 4.78 is 17.8. The Balaban J connectivity index is 1.75. The molecule has 1 aliphatic rings. The molecule has 0 radical (unpaired) electrons. The molecular formula is C29H43N2O5+. The summed E-state index contributed by atoms with van der Waals surface area (Å²) in [6.45, 7) is 11.8. The number of carbonyl (C=O) groups excluding carboxylic acids is 1. The molecule has 0 bridgehead atoms. The van der Waals surface area contributed by atoms with E-state index in [1.54, 1.807) is 13.2 Å². The van der Waals surface area contributed by atoms with Crippen molar-refractivity contribution in [2.75, 3.05) is 47.5 Å². The summed E-state index contributed by atoms with van der Waals surface area (Å²) >= 11 is 0. The zero-order chi connectivity index (χ0) is 26.5. The third kappa shape index (κ3) is 7.06. The summed E-state index contributed by atoms with van der Waals surface area (Å²) in [5.74, 6) is 2.14. The van der Waals surface area contributed by atoms with Gasteiger partial charge in [-0.15, -0.1) is 0 Å². The van der Waals surface area contributed by atoms with Crippen LogP contribution in [-0.4, -0.2) is 67.9 Å². The first-order valence-electron chi connectivity index (χ1n) is 12.9. The van der Waals surface area contributed by atoms with Gasteiger partial charge in [-0.2, -0.15) is 0 Å². The summed E-state index contributed by atoms with van der Waals surface area (Å²) in [5.41, 5.74) is 3.08. The molecule has 198 valence electrons. The van der Waals surface area contributed by atoms with Gasteiger partial charge in [0.1, 0.15) is 12.3 Å². The van der Waals surface area contributed by atoms with E-state index in [-0.39, 0.29) is 17.6 Å². The zero-order valence-corrected chi connectivity index (χ0v) is 23.0. The molecule has 0 saturated carbocycles. The van der Waals surface area contributed by atoms with Crippen LogP contribution in [0.4, 0.5) is 0 Å². The van der Waals surface area contributed by atoms with Gasteiger partial charge in [-0.3, -0.25) is 4.79 Å². The summed E-state index contributed by atoms with van der Waals surface area (Å²) in [5, 5.41) is 10.5. The van der Waals surface area contributed by atoms with Gasteiger partial charge in [0.15, 0.2) is 11.5 Å². The molecule has 0 spiro atoms. The predicted octanol–water partition coefficient (Wildman–Crippen LogP) is 4.77. The lowest BCUT2D eigenvalue weighted by molar-refractivity contribution is -0.905. The Labute approximate surface area is 216 Å². The fraction of sp³-hybridized carbons (Fsp3) is 0.552. The predicted molar refractivity (Wildman–Crippen MR) is 142 cm³/mol. The molecule has 1 atom stereocenters. The van der Waals surface area contributed by atoms with Gasteiger partial charge >= 0.3 is 0 Å². The second kappa shape index (κ2) is 11.9. The number of amides is 1. The van der Waals surface area contributed by atoms with Crippen molar-refractivity contribution in [3.8, 4) is 23.0 Å². The lowest BCUT2D eigenvalue weighted by Crippen LogP contribution is -2.47. The monoisotopic (exact) mass is 499 g/mol. The number of benzene rings is 2. The van der Waals surface area contributed by atoms with Gasteiger partial charge in [0.25, 0.3) is 0 Å². The quantitative estimate of drug-likeness (QED) is 0.477. The average Bonchev–Trinajstić information content (AvgIpc) is 3.03. The Morgan fingerprint density at radius 1 is 1.17 bits per heavy atom. The van der Waals surface area contributed by atoms with Crippen molar-refractivity contribution in [3.05, 3.63) is 47.0 Å². The van der Waals surface area contributed by atoms with E-state index in [0.717, 1.165) is 35.4 Å². The number of para-hydroxylation sites is 1. The Hall–Kier alpha value is -2.93. The number of phenols is 1. The van der Waals surface area contributed by atoms with Crippen LogP contribution in [0, 0.1) is 18.8 Å². The second-order valence-corrected chi connectivity index (χ2v) is 11.1. The molecule has 36 heavy (non-hydrogen) atoms. The van der Waals surface area contributed by atoms with Gasteiger partial charge in [-0.1, -0.05) is 26.0 Å². The molecule has 7 heteroatoms. The van der Waals surface area contributed by atoms with Crippen LogP contribution in [0.15, 0.2) is 30.3 Å². The number of quaternary nitrogens is 1.